The second-order valence-corrected chi connectivity index (χ2v) is 7.99. The number of hydrogen-bond donors (Lipinski definition) is 3. The number of hydrogen-bond acceptors (Lipinski definition) is 4. The van der Waals surface area contributed by atoms with E-state index in [1.807, 2.05) is 0 Å². The molecule has 3 unspecified atom stereocenters. The van der Waals surface area contributed by atoms with Crippen molar-refractivity contribution >= 4 is 23.7 Å². The summed E-state index contributed by atoms with van der Waals surface area (Å²) in [6, 6.07) is 12.4. The number of nitrogens with one attached hydrogen (secondary N) is 2. The molecule has 33 heavy (non-hydrogen) atoms. The molecule has 3 rings (SSSR count). The van der Waals surface area contributed by atoms with Gasteiger partial charge in [-0.3, -0.25) is 14.6 Å². The van der Waals surface area contributed by atoms with Gasteiger partial charge in [-0.2, -0.15) is 13.2 Å². The molecule has 1 heterocycles. The molecule has 1 aliphatic rings. The molecule has 2 aromatic rings. The van der Waals surface area contributed by atoms with Gasteiger partial charge in [0, 0.05) is 23.5 Å². The van der Waals surface area contributed by atoms with Crippen LogP contribution in [0.1, 0.15) is 30.9 Å². The van der Waals surface area contributed by atoms with Crippen LogP contribution in [0.25, 0.3) is 0 Å². The Bertz CT molecular complexity index is 1070. The second kappa shape index (κ2) is 9.58. The van der Waals surface area contributed by atoms with E-state index in [0.717, 1.165) is 0 Å². The van der Waals surface area contributed by atoms with Crippen LogP contribution in [0.3, 0.4) is 0 Å². The molecule has 174 valence electrons. The summed E-state index contributed by atoms with van der Waals surface area (Å²) in [6.45, 7) is 3.54. The molecule has 0 saturated heterocycles. The van der Waals surface area contributed by atoms with Crippen molar-refractivity contribution in [2.24, 2.45) is 10.9 Å². The summed E-state index contributed by atoms with van der Waals surface area (Å²) in [4.78, 5) is 29.3. The summed E-state index contributed by atoms with van der Waals surface area (Å²) in [7, 11) is 0. The normalized spacial score (nSPS) is 21.0. The Morgan fingerprint density at radius 2 is 1.79 bits per heavy atom. The summed E-state index contributed by atoms with van der Waals surface area (Å²) in [5, 5.41) is 16.3. The molecule has 0 fully saturated rings. The van der Waals surface area contributed by atoms with Gasteiger partial charge in [-0.1, -0.05) is 48.5 Å². The summed E-state index contributed by atoms with van der Waals surface area (Å²) in [6.07, 6.45) is -0.456. The lowest BCUT2D eigenvalue weighted by Crippen LogP contribution is -2.46. The van der Waals surface area contributed by atoms with E-state index in [1.165, 1.54) is 66.9 Å². The van der Waals surface area contributed by atoms with Gasteiger partial charge >= 0.3 is 6.18 Å². The highest BCUT2D eigenvalue weighted by atomic mass is 19.4. The maximum Gasteiger partial charge on any atom is 0.404 e. The fraction of sp³-hybridized carbons (Fsp3) is 0.292. The minimum Gasteiger partial charge on any atom is -0.365 e. The quantitative estimate of drug-likeness (QED) is 0.612. The van der Waals surface area contributed by atoms with E-state index in [9.17, 15) is 27.9 Å². The van der Waals surface area contributed by atoms with Gasteiger partial charge in [0.05, 0.1) is 0 Å². The average molecular weight is 459 g/mol. The minimum atomic E-state index is -4.81. The van der Waals surface area contributed by atoms with Crippen LogP contribution in [0.15, 0.2) is 71.7 Å². The summed E-state index contributed by atoms with van der Waals surface area (Å²) in [5.74, 6) is -5.16. The summed E-state index contributed by atoms with van der Waals surface area (Å²) < 4.78 is 41.0. The molecular weight excluding hydrogens is 435 g/mol. The van der Waals surface area contributed by atoms with E-state index in [0.29, 0.717) is 0 Å². The number of carbonyl (C=O) groups excluding carboxylic acids is 2. The zero-order chi connectivity index (χ0) is 24.2. The van der Waals surface area contributed by atoms with Crippen LogP contribution in [0.5, 0.6) is 0 Å². The van der Waals surface area contributed by atoms with Crippen LogP contribution in [0.2, 0.25) is 0 Å². The van der Waals surface area contributed by atoms with Crippen molar-refractivity contribution in [3.05, 3.63) is 77.9 Å². The highest BCUT2D eigenvalue weighted by Crippen LogP contribution is 2.38. The number of allylic oxidation sites excluding steroid dienone is 1. The van der Waals surface area contributed by atoms with Crippen LogP contribution >= 0.6 is 0 Å². The number of rotatable bonds is 6. The third-order valence-electron chi connectivity index (χ3n) is 5.09. The van der Waals surface area contributed by atoms with Crippen molar-refractivity contribution in [3.8, 4) is 0 Å². The Balaban J connectivity index is 1.90. The SMILES string of the molecule is CC(C)NC(=O)C1C=CC=NC1(O)c1cccc(NC(=O)C(c2ccccc2)C(F)(F)F)c1. The van der Waals surface area contributed by atoms with Gasteiger partial charge in [-0.05, 0) is 37.6 Å². The zero-order valence-corrected chi connectivity index (χ0v) is 18.0. The second-order valence-electron chi connectivity index (χ2n) is 7.99. The lowest BCUT2D eigenvalue weighted by atomic mass is 9.86. The number of nitrogens with zero attached hydrogens (tertiary/aromatic N) is 1. The molecule has 0 radical (unpaired) electrons. The van der Waals surface area contributed by atoms with Crippen molar-refractivity contribution in [2.45, 2.75) is 37.7 Å². The Morgan fingerprint density at radius 1 is 1.09 bits per heavy atom. The fourth-order valence-electron chi connectivity index (χ4n) is 3.61. The van der Waals surface area contributed by atoms with Gasteiger partial charge in [-0.15, -0.1) is 0 Å². The molecule has 1 aliphatic heterocycles. The van der Waals surface area contributed by atoms with E-state index in [-0.39, 0.29) is 22.9 Å². The standard InChI is InChI=1S/C24H24F3N3O3/c1-15(2)29-21(31)19-12-7-13-28-23(19,33)17-10-6-11-18(14-17)30-22(32)20(24(25,26)27)16-8-4-3-5-9-16/h3-15,19-20,33H,1-2H3,(H,29,31)(H,30,32). The van der Waals surface area contributed by atoms with Gasteiger partial charge in [0.25, 0.3) is 0 Å². The molecule has 3 atom stereocenters. The van der Waals surface area contributed by atoms with Crippen molar-refractivity contribution in [2.75, 3.05) is 5.32 Å². The smallest absolute Gasteiger partial charge is 0.365 e. The van der Waals surface area contributed by atoms with Crippen LogP contribution in [-0.4, -0.2) is 35.4 Å². The summed E-state index contributed by atoms with van der Waals surface area (Å²) >= 11 is 0. The fourth-order valence-corrected chi connectivity index (χ4v) is 3.61. The van der Waals surface area contributed by atoms with Gasteiger partial charge < -0.3 is 15.7 Å². The Morgan fingerprint density at radius 3 is 2.42 bits per heavy atom. The predicted octanol–water partition coefficient (Wildman–Crippen LogP) is 3.90. The number of halogens is 3. The van der Waals surface area contributed by atoms with E-state index < -0.39 is 35.6 Å². The maximum atomic E-state index is 13.7. The minimum absolute atomic E-state index is 0.0314. The van der Waals surface area contributed by atoms with E-state index in [2.05, 4.69) is 15.6 Å². The molecular formula is C24H24F3N3O3. The topological polar surface area (TPSA) is 90.8 Å². The van der Waals surface area contributed by atoms with Crippen molar-refractivity contribution in [3.63, 3.8) is 0 Å². The first-order chi connectivity index (χ1) is 15.5. The van der Waals surface area contributed by atoms with Crippen molar-refractivity contribution < 1.29 is 27.9 Å². The molecule has 9 heteroatoms. The highest BCUT2D eigenvalue weighted by Gasteiger charge is 2.46. The Hall–Kier alpha value is -3.46. The van der Waals surface area contributed by atoms with Gasteiger partial charge in [0.1, 0.15) is 5.92 Å². The Labute approximate surface area is 189 Å². The first-order valence-corrected chi connectivity index (χ1v) is 10.3. The number of anilines is 1. The van der Waals surface area contributed by atoms with E-state index in [4.69, 9.17) is 0 Å². The molecule has 0 saturated carbocycles. The number of aliphatic hydroxyl groups is 1. The molecule has 2 aromatic carbocycles. The number of amides is 2. The molecule has 0 aliphatic carbocycles. The van der Waals surface area contributed by atoms with E-state index in [1.54, 1.807) is 19.9 Å². The Kier molecular flexibility index (Phi) is 7.02. The molecule has 6 nitrogen and oxygen atoms in total. The number of dihydropyridines is 1. The summed E-state index contributed by atoms with van der Waals surface area (Å²) in [5.41, 5.74) is -2.00. The van der Waals surface area contributed by atoms with Crippen LogP contribution < -0.4 is 10.6 Å². The monoisotopic (exact) mass is 459 g/mol. The zero-order valence-electron chi connectivity index (χ0n) is 18.0. The molecule has 0 aromatic heterocycles. The average Bonchev–Trinajstić information content (AvgIpc) is 2.73. The number of aliphatic imine (C=N–C) groups is 1. The van der Waals surface area contributed by atoms with Crippen molar-refractivity contribution in [1.82, 2.24) is 5.32 Å². The third-order valence-corrected chi connectivity index (χ3v) is 5.09. The predicted molar refractivity (Wildman–Crippen MR) is 119 cm³/mol. The number of alkyl halides is 3. The maximum absolute atomic E-state index is 13.7. The highest BCUT2D eigenvalue weighted by molar-refractivity contribution is 5.96. The molecule has 0 bridgehead atoms. The number of benzene rings is 2. The number of carbonyl (C=O) groups is 2. The van der Waals surface area contributed by atoms with Crippen LogP contribution in [-0.2, 0) is 15.3 Å². The lowest BCUT2D eigenvalue weighted by Gasteiger charge is -2.33. The molecule has 0 spiro atoms. The largest absolute Gasteiger partial charge is 0.404 e. The van der Waals surface area contributed by atoms with E-state index >= 15 is 0 Å². The first-order valence-electron chi connectivity index (χ1n) is 10.3. The van der Waals surface area contributed by atoms with Crippen LogP contribution in [0.4, 0.5) is 18.9 Å². The van der Waals surface area contributed by atoms with Gasteiger partial charge in [0.2, 0.25) is 11.8 Å². The lowest BCUT2D eigenvalue weighted by molar-refractivity contribution is -0.161. The van der Waals surface area contributed by atoms with Crippen molar-refractivity contribution in [1.29, 1.82) is 0 Å². The van der Waals surface area contributed by atoms with Crippen LogP contribution in [0, 0.1) is 5.92 Å². The van der Waals surface area contributed by atoms with Gasteiger partial charge in [-0.25, -0.2) is 0 Å². The molecule has 3 N–H and O–H groups in total. The molecule has 2 amide bonds. The van der Waals surface area contributed by atoms with Gasteiger partial charge in [0.15, 0.2) is 11.6 Å². The third kappa shape index (κ3) is 5.48. The first kappa shape index (κ1) is 24.2.